The van der Waals surface area contributed by atoms with Crippen LogP contribution in [0.15, 0.2) is 24.3 Å². The van der Waals surface area contributed by atoms with Gasteiger partial charge in [-0.25, -0.2) is 0 Å². The zero-order valence-electron chi connectivity index (χ0n) is 12.5. The first-order chi connectivity index (χ1) is 10.2. The van der Waals surface area contributed by atoms with Crippen LogP contribution in [0, 0.1) is 0 Å². The lowest BCUT2D eigenvalue weighted by Gasteiger charge is -2.36. The highest BCUT2D eigenvalue weighted by atomic mass is 16.5. The number of carbonyl (C=O) groups excluding carboxylic acids is 1. The summed E-state index contributed by atoms with van der Waals surface area (Å²) in [5.41, 5.74) is 7.67. The van der Waals surface area contributed by atoms with Crippen molar-refractivity contribution in [1.82, 2.24) is 4.90 Å². The SMILES string of the molecule is COCCOCC(=O)N1CCN(c2cccc(N)c2)CC1. The first kappa shape index (κ1) is 15.6. The third kappa shape index (κ3) is 4.61. The molecular weight excluding hydrogens is 270 g/mol. The first-order valence-corrected chi connectivity index (χ1v) is 7.15. The average molecular weight is 293 g/mol. The number of methoxy groups -OCH3 is 1. The monoisotopic (exact) mass is 293 g/mol. The summed E-state index contributed by atoms with van der Waals surface area (Å²) in [6, 6.07) is 7.83. The van der Waals surface area contributed by atoms with E-state index in [1.807, 2.05) is 29.2 Å². The summed E-state index contributed by atoms with van der Waals surface area (Å²) in [6.07, 6.45) is 0. The first-order valence-electron chi connectivity index (χ1n) is 7.15. The number of hydrogen-bond acceptors (Lipinski definition) is 5. The number of ether oxygens (including phenoxy) is 2. The van der Waals surface area contributed by atoms with Gasteiger partial charge in [-0.3, -0.25) is 4.79 Å². The number of amides is 1. The van der Waals surface area contributed by atoms with Crippen molar-refractivity contribution in [3.8, 4) is 0 Å². The number of benzene rings is 1. The van der Waals surface area contributed by atoms with Crippen molar-refractivity contribution in [3.63, 3.8) is 0 Å². The van der Waals surface area contributed by atoms with Crippen LogP contribution in [0.5, 0.6) is 0 Å². The minimum Gasteiger partial charge on any atom is -0.399 e. The van der Waals surface area contributed by atoms with Gasteiger partial charge in [0, 0.05) is 44.7 Å². The third-order valence-electron chi connectivity index (χ3n) is 3.53. The van der Waals surface area contributed by atoms with Crippen LogP contribution in [0.25, 0.3) is 0 Å². The second-order valence-corrected chi connectivity index (χ2v) is 5.01. The van der Waals surface area contributed by atoms with E-state index in [9.17, 15) is 4.79 Å². The maximum atomic E-state index is 12.0. The Kier molecular flexibility index (Phi) is 5.83. The molecule has 0 unspecified atom stereocenters. The van der Waals surface area contributed by atoms with Gasteiger partial charge < -0.3 is 25.0 Å². The molecule has 2 N–H and O–H groups in total. The zero-order valence-corrected chi connectivity index (χ0v) is 12.5. The summed E-state index contributed by atoms with van der Waals surface area (Å²) in [4.78, 5) is 16.1. The Bertz CT molecular complexity index is 459. The highest BCUT2D eigenvalue weighted by molar-refractivity contribution is 5.77. The molecule has 6 nitrogen and oxygen atoms in total. The van der Waals surface area contributed by atoms with Gasteiger partial charge in [0.05, 0.1) is 13.2 Å². The topological polar surface area (TPSA) is 68.0 Å². The number of nitrogens with two attached hydrogens (primary N) is 1. The molecule has 0 spiro atoms. The Morgan fingerprint density at radius 2 is 2.00 bits per heavy atom. The van der Waals surface area contributed by atoms with Crippen LogP contribution in [0.3, 0.4) is 0 Å². The molecule has 21 heavy (non-hydrogen) atoms. The molecule has 0 bridgehead atoms. The van der Waals surface area contributed by atoms with Gasteiger partial charge in [0.2, 0.25) is 5.91 Å². The van der Waals surface area contributed by atoms with E-state index in [-0.39, 0.29) is 12.5 Å². The van der Waals surface area contributed by atoms with E-state index in [1.165, 1.54) is 0 Å². The van der Waals surface area contributed by atoms with Gasteiger partial charge in [-0.15, -0.1) is 0 Å². The fourth-order valence-corrected chi connectivity index (χ4v) is 2.33. The molecule has 6 heteroatoms. The average Bonchev–Trinajstić information content (AvgIpc) is 2.51. The fraction of sp³-hybridized carbons (Fsp3) is 0.533. The summed E-state index contributed by atoms with van der Waals surface area (Å²) in [6.45, 7) is 4.13. The van der Waals surface area contributed by atoms with Crippen molar-refractivity contribution in [2.45, 2.75) is 0 Å². The van der Waals surface area contributed by atoms with Gasteiger partial charge in [0.25, 0.3) is 0 Å². The predicted octanol–water partition coefficient (Wildman–Crippen LogP) is 0.580. The molecule has 0 radical (unpaired) electrons. The molecule has 2 rings (SSSR count). The van der Waals surface area contributed by atoms with Crippen LogP contribution in [-0.4, -0.2) is 63.9 Å². The van der Waals surface area contributed by atoms with Gasteiger partial charge in [-0.05, 0) is 18.2 Å². The fourth-order valence-electron chi connectivity index (χ4n) is 2.33. The highest BCUT2D eigenvalue weighted by Gasteiger charge is 2.21. The molecule has 1 saturated heterocycles. The maximum Gasteiger partial charge on any atom is 0.248 e. The molecule has 0 aromatic heterocycles. The van der Waals surface area contributed by atoms with Gasteiger partial charge in [0.1, 0.15) is 6.61 Å². The highest BCUT2D eigenvalue weighted by Crippen LogP contribution is 2.19. The smallest absolute Gasteiger partial charge is 0.248 e. The van der Waals surface area contributed by atoms with Gasteiger partial charge >= 0.3 is 0 Å². The van der Waals surface area contributed by atoms with Crippen LogP contribution in [0.4, 0.5) is 11.4 Å². The van der Waals surface area contributed by atoms with E-state index >= 15 is 0 Å². The lowest BCUT2D eigenvalue weighted by atomic mass is 10.2. The Morgan fingerprint density at radius 1 is 1.24 bits per heavy atom. The number of rotatable bonds is 6. The lowest BCUT2D eigenvalue weighted by molar-refractivity contribution is -0.136. The van der Waals surface area contributed by atoms with E-state index in [1.54, 1.807) is 7.11 Å². The molecule has 1 amide bonds. The summed E-state index contributed by atoms with van der Waals surface area (Å²) in [5.74, 6) is 0.0401. The Hall–Kier alpha value is -1.79. The minimum absolute atomic E-state index is 0.0401. The van der Waals surface area contributed by atoms with Crippen molar-refractivity contribution in [3.05, 3.63) is 24.3 Å². The van der Waals surface area contributed by atoms with Gasteiger partial charge in [-0.2, -0.15) is 0 Å². The Balaban J connectivity index is 1.76. The molecule has 0 atom stereocenters. The lowest BCUT2D eigenvalue weighted by Crippen LogP contribution is -2.49. The van der Waals surface area contributed by atoms with Crippen LogP contribution >= 0.6 is 0 Å². The van der Waals surface area contributed by atoms with Crippen molar-refractivity contribution >= 4 is 17.3 Å². The maximum absolute atomic E-state index is 12.0. The quantitative estimate of drug-likeness (QED) is 0.614. The second kappa shape index (κ2) is 7.85. The van der Waals surface area contributed by atoms with Crippen LogP contribution in [0.1, 0.15) is 0 Å². The van der Waals surface area contributed by atoms with E-state index in [0.29, 0.717) is 26.3 Å². The zero-order chi connectivity index (χ0) is 15.1. The molecule has 0 aliphatic carbocycles. The van der Waals surface area contributed by atoms with Crippen molar-refractivity contribution in [2.24, 2.45) is 0 Å². The molecule has 116 valence electrons. The van der Waals surface area contributed by atoms with Crippen LogP contribution < -0.4 is 10.6 Å². The molecule has 1 heterocycles. The van der Waals surface area contributed by atoms with E-state index in [2.05, 4.69) is 4.90 Å². The van der Waals surface area contributed by atoms with E-state index < -0.39 is 0 Å². The third-order valence-corrected chi connectivity index (χ3v) is 3.53. The number of anilines is 2. The molecule has 1 aliphatic rings. The summed E-state index contributed by atoms with van der Waals surface area (Å²) >= 11 is 0. The summed E-state index contributed by atoms with van der Waals surface area (Å²) in [7, 11) is 1.61. The Morgan fingerprint density at radius 3 is 2.67 bits per heavy atom. The summed E-state index contributed by atoms with van der Waals surface area (Å²) < 4.78 is 10.1. The predicted molar refractivity (Wildman–Crippen MR) is 82.3 cm³/mol. The summed E-state index contributed by atoms with van der Waals surface area (Å²) in [5, 5.41) is 0. The number of hydrogen-bond donors (Lipinski definition) is 1. The number of nitrogen functional groups attached to an aromatic ring is 1. The van der Waals surface area contributed by atoms with E-state index in [4.69, 9.17) is 15.2 Å². The van der Waals surface area contributed by atoms with Crippen molar-refractivity contribution in [2.75, 3.05) is 63.7 Å². The van der Waals surface area contributed by atoms with E-state index in [0.717, 1.165) is 24.5 Å². The minimum atomic E-state index is 0.0401. The molecule has 1 fully saturated rings. The molecule has 1 aliphatic heterocycles. The largest absolute Gasteiger partial charge is 0.399 e. The molecular formula is C15H23N3O3. The van der Waals surface area contributed by atoms with Crippen LogP contribution in [0.2, 0.25) is 0 Å². The standard InChI is InChI=1S/C15H23N3O3/c1-20-9-10-21-12-15(19)18-7-5-17(6-8-18)14-4-2-3-13(16)11-14/h2-4,11H,5-10,12,16H2,1H3. The number of piperazine rings is 1. The van der Waals surface area contributed by atoms with Crippen molar-refractivity contribution in [1.29, 1.82) is 0 Å². The molecule has 1 aromatic rings. The molecule has 0 saturated carbocycles. The van der Waals surface area contributed by atoms with Crippen molar-refractivity contribution < 1.29 is 14.3 Å². The normalized spacial score (nSPS) is 15.3. The van der Waals surface area contributed by atoms with Gasteiger partial charge in [-0.1, -0.05) is 6.07 Å². The molecule has 1 aromatic carbocycles. The second-order valence-electron chi connectivity index (χ2n) is 5.01. The number of carbonyl (C=O) groups is 1. The Labute approximate surface area is 125 Å². The van der Waals surface area contributed by atoms with Crippen LogP contribution in [-0.2, 0) is 14.3 Å². The number of nitrogens with zero attached hydrogens (tertiary/aromatic N) is 2. The van der Waals surface area contributed by atoms with Gasteiger partial charge in [0.15, 0.2) is 0 Å².